The van der Waals surface area contributed by atoms with Gasteiger partial charge in [-0.15, -0.1) is 0 Å². The van der Waals surface area contributed by atoms with Crippen LogP contribution in [0.15, 0.2) is 53.7 Å². The molecule has 10 nitrogen and oxygen atoms in total. The fourth-order valence-electron chi connectivity index (χ4n) is 6.56. The number of aromatic amines is 2. The Morgan fingerprint density at radius 2 is 2.08 bits per heavy atom. The number of H-pyrrole nitrogens is 2. The molecule has 4 aromatic heterocycles. The van der Waals surface area contributed by atoms with Crippen LogP contribution in [0.25, 0.3) is 39.1 Å². The fraction of sp³-hybridized carbons (Fsp3) is 0.296. The van der Waals surface area contributed by atoms with Crippen LogP contribution in [0.5, 0.6) is 0 Å². The standard InChI is InChI=1S/C27H25FN8O2/c28-16-7-15-12-34(27(38)36-13-17-9-18(36)10-29-17)6-5-33-14-20(19(8-16)25(15)33)24-23(26(37)32-31-24)21-11-30-22-3-1-2-4-35(21)22/h1-4,7-8,11,14,17-18,29H,5-6,9-10,12-13H2,(H2,31,32,37). The second-order valence-electron chi connectivity index (χ2n) is 10.4. The lowest BCUT2D eigenvalue weighted by molar-refractivity contribution is 0.139. The molecule has 11 heteroatoms. The molecule has 7 heterocycles. The van der Waals surface area contributed by atoms with E-state index in [0.717, 1.165) is 41.8 Å². The highest BCUT2D eigenvalue weighted by atomic mass is 19.1. The van der Waals surface area contributed by atoms with Gasteiger partial charge < -0.3 is 19.7 Å². The molecule has 2 fully saturated rings. The van der Waals surface area contributed by atoms with Gasteiger partial charge >= 0.3 is 6.03 Å². The van der Waals surface area contributed by atoms with Gasteiger partial charge in [0.1, 0.15) is 11.5 Å². The quantitative estimate of drug-likeness (QED) is 0.338. The summed E-state index contributed by atoms with van der Waals surface area (Å²) in [5.41, 5.74) is 4.49. The summed E-state index contributed by atoms with van der Waals surface area (Å²) in [6, 6.07) is 9.32. The van der Waals surface area contributed by atoms with Crippen LogP contribution < -0.4 is 10.9 Å². The van der Waals surface area contributed by atoms with Gasteiger partial charge in [-0.1, -0.05) is 6.07 Å². The van der Waals surface area contributed by atoms with Gasteiger partial charge in [-0.3, -0.25) is 19.4 Å². The smallest absolute Gasteiger partial charge is 0.320 e. The van der Waals surface area contributed by atoms with Crippen LogP contribution >= 0.6 is 0 Å². The predicted octanol–water partition coefficient (Wildman–Crippen LogP) is 2.76. The summed E-state index contributed by atoms with van der Waals surface area (Å²) < 4.78 is 19.0. The number of likely N-dealkylation sites (tertiary alicyclic amines) is 1. The number of amides is 2. The maximum atomic E-state index is 15.1. The van der Waals surface area contributed by atoms with Crippen molar-refractivity contribution in [2.75, 3.05) is 19.6 Å². The molecule has 3 N–H and O–H groups in total. The molecule has 3 aliphatic rings. The zero-order chi connectivity index (χ0) is 25.5. The normalized spacial score (nSPS) is 20.7. The first-order valence-corrected chi connectivity index (χ1v) is 12.9. The highest BCUT2D eigenvalue weighted by Crippen LogP contribution is 2.38. The van der Waals surface area contributed by atoms with E-state index in [0.29, 0.717) is 48.0 Å². The van der Waals surface area contributed by atoms with Gasteiger partial charge in [0.2, 0.25) is 0 Å². The average molecular weight is 513 g/mol. The highest BCUT2D eigenvalue weighted by molar-refractivity contribution is 6.00. The molecule has 0 spiro atoms. The van der Waals surface area contributed by atoms with Crippen LogP contribution in [0.3, 0.4) is 0 Å². The highest BCUT2D eigenvalue weighted by Gasteiger charge is 2.42. The molecule has 2 unspecified atom stereocenters. The monoisotopic (exact) mass is 512 g/mol. The molecule has 0 saturated carbocycles. The van der Waals surface area contributed by atoms with Gasteiger partial charge in [0, 0.05) is 68.2 Å². The zero-order valence-electron chi connectivity index (χ0n) is 20.4. The summed E-state index contributed by atoms with van der Waals surface area (Å²) in [6.07, 6.45) is 6.49. The number of hydrogen-bond acceptors (Lipinski definition) is 4. The third kappa shape index (κ3) is 3.05. The second-order valence-corrected chi connectivity index (χ2v) is 10.4. The lowest BCUT2D eigenvalue weighted by Crippen LogP contribution is -2.51. The van der Waals surface area contributed by atoms with Crippen molar-refractivity contribution in [2.45, 2.75) is 31.6 Å². The van der Waals surface area contributed by atoms with Crippen LogP contribution in [-0.4, -0.2) is 71.7 Å². The maximum Gasteiger partial charge on any atom is 0.320 e. The SMILES string of the molecule is O=C(N1CCn2cc(-c3[nH][nH]c(=O)c3-c3cnc4ccccn34)c3cc(F)cc(c32)C1)N1CC2CC1CN2. The Kier molecular flexibility index (Phi) is 4.46. The molecule has 192 valence electrons. The Hall–Kier alpha value is -4.38. The van der Waals surface area contributed by atoms with Gasteiger partial charge in [0.05, 0.1) is 28.7 Å². The molecular weight excluding hydrogens is 487 g/mol. The number of carbonyl (C=O) groups is 1. The Morgan fingerprint density at radius 3 is 2.92 bits per heavy atom. The summed E-state index contributed by atoms with van der Waals surface area (Å²) in [6.45, 7) is 2.98. The van der Waals surface area contributed by atoms with Crippen LogP contribution in [0.1, 0.15) is 12.0 Å². The van der Waals surface area contributed by atoms with E-state index in [2.05, 4.69) is 25.1 Å². The Labute approximate surface area is 215 Å². The molecule has 0 aliphatic carbocycles. The molecule has 5 aromatic rings. The van der Waals surface area contributed by atoms with Crippen molar-refractivity contribution in [1.29, 1.82) is 0 Å². The van der Waals surface area contributed by atoms with Crippen LogP contribution in [0.4, 0.5) is 9.18 Å². The Morgan fingerprint density at radius 1 is 1.16 bits per heavy atom. The number of rotatable bonds is 2. The van der Waals surface area contributed by atoms with Gasteiger partial charge in [0.25, 0.3) is 5.56 Å². The number of hydrogen-bond donors (Lipinski definition) is 3. The third-order valence-corrected chi connectivity index (χ3v) is 8.28. The van der Waals surface area contributed by atoms with E-state index in [-0.39, 0.29) is 23.4 Å². The first kappa shape index (κ1) is 21.7. The van der Waals surface area contributed by atoms with Gasteiger partial charge in [0.15, 0.2) is 0 Å². The third-order valence-electron chi connectivity index (χ3n) is 8.28. The molecule has 8 rings (SSSR count). The largest absolute Gasteiger partial charge is 0.345 e. The number of benzene rings is 1. The van der Waals surface area contributed by atoms with Crippen LogP contribution in [0.2, 0.25) is 0 Å². The molecule has 2 amide bonds. The van der Waals surface area contributed by atoms with Gasteiger partial charge in [-0.25, -0.2) is 14.2 Å². The number of piperazine rings is 1. The summed E-state index contributed by atoms with van der Waals surface area (Å²) in [5, 5.41) is 9.89. The van der Waals surface area contributed by atoms with E-state index < -0.39 is 0 Å². The molecule has 2 saturated heterocycles. The van der Waals surface area contributed by atoms with Crippen molar-refractivity contribution in [3.05, 3.63) is 70.7 Å². The van der Waals surface area contributed by atoms with Gasteiger partial charge in [-0.2, -0.15) is 0 Å². The summed E-state index contributed by atoms with van der Waals surface area (Å²) >= 11 is 0. The fourth-order valence-corrected chi connectivity index (χ4v) is 6.56. The van der Waals surface area contributed by atoms with E-state index in [1.807, 2.05) is 44.8 Å². The van der Waals surface area contributed by atoms with E-state index in [1.165, 1.54) is 12.1 Å². The average Bonchev–Trinajstić information content (AvgIpc) is 3.73. The first-order chi connectivity index (χ1) is 18.5. The number of nitrogens with zero attached hydrogens (tertiary/aromatic N) is 5. The van der Waals surface area contributed by atoms with Crippen LogP contribution in [-0.2, 0) is 13.1 Å². The van der Waals surface area contributed by atoms with Crippen molar-refractivity contribution in [2.24, 2.45) is 0 Å². The van der Waals surface area contributed by atoms with E-state index in [9.17, 15) is 9.59 Å². The zero-order valence-corrected chi connectivity index (χ0v) is 20.4. The van der Waals surface area contributed by atoms with E-state index >= 15 is 4.39 Å². The number of imidazole rings is 1. The number of carbonyl (C=O) groups excluding carboxylic acids is 1. The number of nitrogens with one attached hydrogen (secondary N) is 3. The summed E-state index contributed by atoms with van der Waals surface area (Å²) in [7, 11) is 0. The summed E-state index contributed by atoms with van der Waals surface area (Å²) in [4.78, 5) is 34.7. The molecule has 0 radical (unpaired) electrons. The van der Waals surface area contributed by atoms with Crippen molar-refractivity contribution in [3.8, 4) is 22.5 Å². The van der Waals surface area contributed by atoms with Crippen LogP contribution in [0, 0.1) is 5.82 Å². The van der Waals surface area contributed by atoms with E-state index in [1.54, 1.807) is 6.20 Å². The van der Waals surface area contributed by atoms with Gasteiger partial charge in [-0.05, 0) is 36.2 Å². The number of aromatic nitrogens is 5. The molecular formula is C27H25FN8O2. The second kappa shape index (κ2) is 7.81. The molecule has 1 aromatic carbocycles. The number of halogens is 1. The first-order valence-electron chi connectivity index (χ1n) is 12.9. The van der Waals surface area contributed by atoms with E-state index in [4.69, 9.17) is 0 Å². The Balaban J connectivity index is 1.23. The minimum absolute atomic E-state index is 0.0206. The Bertz CT molecular complexity index is 1810. The van der Waals surface area contributed by atoms with Crippen molar-refractivity contribution < 1.29 is 9.18 Å². The predicted molar refractivity (Wildman–Crippen MR) is 139 cm³/mol. The van der Waals surface area contributed by atoms with Crippen molar-refractivity contribution >= 4 is 22.6 Å². The van der Waals surface area contributed by atoms with Crippen molar-refractivity contribution in [3.63, 3.8) is 0 Å². The topological polar surface area (TPSA) is 106 Å². The lowest BCUT2D eigenvalue weighted by Gasteiger charge is -2.33. The number of fused-ring (bicyclic) bond motifs is 3. The molecule has 38 heavy (non-hydrogen) atoms. The molecule has 3 aliphatic heterocycles. The molecule has 2 bridgehead atoms. The number of pyridine rings is 1. The minimum atomic E-state index is -0.375. The minimum Gasteiger partial charge on any atom is -0.345 e. The lowest BCUT2D eigenvalue weighted by atomic mass is 10.0. The maximum absolute atomic E-state index is 15.1. The van der Waals surface area contributed by atoms with Crippen molar-refractivity contribution in [1.82, 2.24) is 39.3 Å². The number of urea groups is 1. The summed E-state index contributed by atoms with van der Waals surface area (Å²) in [5.74, 6) is -0.375. The molecule has 2 atom stereocenters.